The van der Waals surface area contributed by atoms with Gasteiger partial charge in [0.25, 0.3) is 0 Å². The minimum absolute atomic E-state index is 0.0351. The quantitative estimate of drug-likeness (QED) is 0.812. The maximum atomic E-state index is 12.3. The lowest BCUT2D eigenvalue weighted by Crippen LogP contribution is -2.55. The highest BCUT2D eigenvalue weighted by Gasteiger charge is 2.36. The number of halogens is 3. The second-order valence-electron chi connectivity index (χ2n) is 5.93. The summed E-state index contributed by atoms with van der Waals surface area (Å²) < 4.78 is 36.8. The Kier molecular flexibility index (Phi) is 4.90. The highest BCUT2D eigenvalue weighted by Crippen LogP contribution is 2.30. The number of carboxylic acids is 1. The Labute approximate surface area is 116 Å². The Balaban J connectivity index is 1.90. The molecule has 0 aromatic heterocycles. The SMILES string of the molecule is O=C(O)CC1CC(NCC(F)(F)F)CN(C2CCC2)C1. The molecule has 2 N–H and O–H groups in total. The molecule has 0 bridgehead atoms. The molecule has 1 aliphatic heterocycles. The lowest BCUT2D eigenvalue weighted by atomic mass is 9.85. The molecular formula is C13H21F3N2O2. The first kappa shape index (κ1) is 15.6. The third-order valence-electron chi connectivity index (χ3n) is 4.21. The summed E-state index contributed by atoms with van der Waals surface area (Å²) in [6.07, 6.45) is -0.372. The number of aliphatic carboxylic acids is 1. The minimum atomic E-state index is -4.22. The number of alkyl halides is 3. The van der Waals surface area contributed by atoms with E-state index in [2.05, 4.69) is 10.2 Å². The first-order valence-corrected chi connectivity index (χ1v) is 7.09. The van der Waals surface area contributed by atoms with Gasteiger partial charge in [0, 0.05) is 31.6 Å². The van der Waals surface area contributed by atoms with Gasteiger partial charge in [-0.3, -0.25) is 9.69 Å². The number of likely N-dealkylation sites (tertiary alicyclic amines) is 1. The molecule has 1 saturated heterocycles. The van der Waals surface area contributed by atoms with Crippen molar-refractivity contribution in [2.75, 3.05) is 19.6 Å². The van der Waals surface area contributed by atoms with Crippen LogP contribution in [0.5, 0.6) is 0 Å². The van der Waals surface area contributed by atoms with Crippen molar-refractivity contribution in [1.82, 2.24) is 10.2 Å². The molecule has 4 nitrogen and oxygen atoms in total. The number of nitrogens with zero attached hydrogens (tertiary/aromatic N) is 1. The first-order chi connectivity index (χ1) is 9.33. The largest absolute Gasteiger partial charge is 0.481 e. The van der Waals surface area contributed by atoms with Crippen LogP contribution in [0.2, 0.25) is 0 Å². The molecule has 0 radical (unpaired) electrons. The van der Waals surface area contributed by atoms with Crippen LogP contribution in [0.25, 0.3) is 0 Å². The van der Waals surface area contributed by atoms with Gasteiger partial charge in [0.2, 0.25) is 0 Å². The number of rotatable bonds is 5. The van der Waals surface area contributed by atoms with E-state index < -0.39 is 18.7 Å². The van der Waals surface area contributed by atoms with Gasteiger partial charge in [0.15, 0.2) is 0 Å². The molecular weight excluding hydrogens is 273 g/mol. The molecule has 1 aliphatic carbocycles. The maximum Gasteiger partial charge on any atom is 0.401 e. The van der Waals surface area contributed by atoms with Crippen LogP contribution in [-0.2, 0) is 4.79 Å². The second-order valence-corrected chi connectivity index (χ2v) is 5.93. The maximum absolute atomic E-state index is 12.3. The molecule has 2 atom stereocenters. The predicted molar refractivity (Wildman–Crippen MR) is 67.4 cm³/mol. The molecule has 20 heavy (non-hydrogen) atoms. The summed E-state index contributed by atoms with van der Waals surface area (Å²) in [4.78, 5) is 13.0. The van der Waals surface area contributed by atoms with Gasteiger partial charge in [0.05, 0.1) is 6.54 Å². The van der Waals surface area contributed by atoms with E-state index in [9.17, 15) is 18.0 Å². The third-order valence-corrected chi connectivity index (χ3v) is 4.21. The molecule has 2 rings (SSSR count). The van der Waals surface area contributed by atoms with E-state index in [0.717, 1.165) is 19.3 Å². The second kappa shape index (κ2) is 6.30. The summed E-state index contributed by atoms with van der Waals surface area (Å²) >= 11 is 0. The molecule has 116 valence electrons. The van der Waals surface area contributed by atoms with Gasteiger partial charge >= 0.3 is 12.1 Å². The topological polar surface area (TPSA) is 52.6 Å². The zero-order valence-corrected chi connectivity index (χ0v) is 11.3. The van der Waals surface area contributed by atoms with Crippen molar-refractivity contribution in [3.63, 3.8) is 0 Å². The van der Waals surface area contributed by atoms with Crippen molar-refractivity contribution < 1.29 is 23.1 Å². The van der Waals surface area contributed by atoms with E-state index in [0.29, 0.717) is 25.6 Å². The Morgan fingerprint density at radius 2 is 2.00 bits per heavy atom. The Morgan fingerprint density at radius 3 is 2.50 bits per heavy atom. The smallest absolute Gasteiger partial charge is 0.401 e. The van der Waals surface area contributed by atoms with Crippen molar-refractivity contribution in [3.05, 3.63) is 0 Å². The van der Waals surface area contributed by atoms with Crippen molar-refractivity contribution in [1.29, 1.82) is 0 Å². The van der Waals surface area contributed by atoms with E-state index in [1.165, 1.54) is 0 Å². The first-order valence-electron chi connectivity index (χ1n) is 7.09. The van der Waals surface area contributed by atoms with Crippen LogP contribution in [0.4, 0.5) is 13.2 Å². The standard InChI is InChI=1S/C13H21F3N2O2/c14-13(15,16)8-17-10-4-9(5-12(19)20)6-18(7-10)11-2-1-3-11/h9-11,17H,1-8H2,(H,19,20). The number of carbonyl (C=O) groups is 1. The van der Waals surface area contributed by atoms with Crippen molar-refractivity contribution in [2.45, 2.75) is 50.4 Å². The number of carboxylic acid groups (broad SMARTS) is 1. The van der Waals surface area contributed by atoms with E-state index in [1.54, 1.807) is 0 Å². The van der Waals surface area contributed by atoms with Crippen LogP contribution < -0.4 is 5.32 Å². The van der Waals surface area contributed by atoms with E-state index in [-0.39, 0.29) is 18.4 Å². The van der Waals surface area contributed by atoms with E-state index >= 15 is 0 Å². The molecule has 2 fully saturated rings. The predicted octanol–water partition coefficient (Wildman–Crippen LogP) is 1.86. The van der Waals surface area contributed by atoms with Crippen molar-refractivity contribution >= 4 is 5.97 Å². The Hall–Kier alpha value is -0.820. The number of hydrogen-bond donors (Lipinski definition) is 2. The van der Waals surface area contributed by atoms with Crippen LogP contribution in [0.15, 0.2) is 0 Å². The fourth-order valence-corrected chi connectivity index (χ4v) is 3.09. The summed E-state index contributed by atoms with van der Waals surface area (Å²) in [6, 6.07) is 0.164. The third kappa shape index (κ3) is 4.63. The zero-order valence-electron chi connectivity index (χ0n) is 11.3. The summed E-state index contributed by atoms with van der Waals surface area (Å²) in [6.45, 7) is 0.286. The lowest BCUT2D eigenvalue weighted by Gasteiger charge is -2.45. The van der Waals surface area contributed by atoms with Gasteiger partial charge in [-0.15, -0.1) is 0 Å². The number of nitrogens with one attached hydrogen (secondary N) is 1. The van der Waals surface area contributed by atoms with Crippen LogP contribution in [0, 0.1) is 5.92 Å². The molecule has 2 aliphatic rings. The minimum Gasteiger partial charge on any atom is -0.481 e. The fourth-order valence-electron chi connectivity index (χ4n) is 3.09. The highest BCUT2D eigenvalue weighted by molar-refractivity contribution is 5.67. The monoisotopic (exact) mass is 294 g/mol. The normalized spacial score (nSPS) is 29.1. The van der Waals surface area contributed by atoms with E-state index in [1.807, 2.05) is 0 Å². The van der Waals surface area contributed by atoms with Gasteiger partial charge in [-0.05, 0) is 25.2 Å². The van der Waals surface area contributed by atoms with Gasteiger partial charge in [-0.2, -0.15) is 13.2 Å². The van der Waals surface area contributed by atoms with Crippen LogP contribution in [0.3, 0.4) is 0 Å². The molecule has 0 aromatic carbocycles. The summed E-state index contributed by atoms with van der Waals surface area (Å²) in [5.41, 5.74) is 0. The summed E-state index contributed by atoms with van der Waals surface area (Å²) in [5.74, 6) is -0.937. The molecule has 0 aromatic rings. The van der Waals surface area contributed by atoms with Crippen molar-refractivity contribution in [3.8, 4) is 0 Å². The fraction of sp³-hybridized carbons (Fsp3) is 0.923. The van der Waals surface area contributed by atoms with Crippen LogP contribution in [0.1, 0.15) is 32.1 Å². The lowest BCUT2D eigenvalue weighted by molar-refractivity contribution is -0.139. The van der Waals surface area contributed by atoms with Gasteiger partial charge in [-0.25, -0.2) is 0 Å². The molecule has 7 heteroatoms. The molecule has 1 saturated carbocycles. The van der Waals surface area contributed by atoms with E-state index in [4.69, 9.17) is 5.11 Å². The number of hydrogen-bond acceptors (Lipinski definition) is 3. The Morgan fingerprint density at radius 1 is 1.30 bits per heavy atom. The van der Waals surface area contributed by atoms with Gasteiger partial charge in [0.1, 0.15) is 0 Å². The van der Waals surface area contributed by atoms with Gasteiger partial charge in [-0.1, -0.05) is 6.42 Å². The number of piperidine rings is 1. The summed E-state index contributed by atoms with van der Waals surface area (Å²) in [7, 11) is 0. The highest BCUT2D eigenvalue weighted by atomic mass is 19.4. The molecule has 0 amide bonds. The molecule has 1 heterocycles. The van der Waals surface area contributed by atoms with Crippen LogP contribution in [-0.4, -0.2) is 53.9 Å². The average Bonchev–Trinajstić information content (AvgIpc) is 2.21. The van der Waals surface area contributed by atoms with Gasteiger partial charge < -0.3 is 10.4 Å². The molecule has 0 spiro atoms. The molecule has 2 unspecified atom stereocenters. The Bertz CT molecular complexity index is 345. The van der Waals surface area contributed by atoms with Crippen LogP contribution >= 0.6 is 0 Å². The summed E-state index contributed by atoms with van der Waals surface area (Å²) in [5, 5.41) is 11.4. The average molecular weight is 294 g/mol. The van der Waals surface area contributed by atoms with Crippen molar-refractivity contribution in [2.24, 2.45) is 5.92 Å². The zero-order chi connectivity index (χ0) is 14.8.